The van der Waals surface area contributed by atoms with E-state index in [0.717, 1.165) is 45.8 Å². The van der Waals surface area contributed by atoms with Gasteiger partial charge in [0.1, 0.15) is 0 Å². The number of aliphatic hydroxyl groups is 1. The average molecular weight is 186 g/mol. The second kappa shape index (κ2) is 3.92. The van der Waals surface area contributed by atoms with Crippen LogP contribution < -0.4 is 5.32 Å². The summed E-state index contributed by atoms with van der Waals surface area (Å²) in [6, 6.07) is 0. The largest absolute Gasteiger partial charge is 0.395 e. The normalized spacial score (nSPS) is 28.4. The maximum atomic E-state index is 8.94. The van der Waals surface area contributed by atoms with Gasteiger partial charge in [0.15, 0.2) is 0 Å². The molecular weight excluding hydrogens is 168 g/mol. The van der Waals surface area contributed by atoms with E-state index in [2.05, 4.69) is 10.2 Å². The molecule has 0 radical (unpaired) electrons. The maximum Gasteiger partial charge on any atom is 0.0559 e. The fourth-order valence-corrected chi connectivity index (χ4v) is 2.38. The van der Waals surface area contributed by atoms with Crippen LogP contribution in [0.1, 0.15) is 12.8 Å². The molecule has 4 nitrogen and oxygen atoms in total. The van der Waals surface area contributed by atoms with Crippen molar-refractivity contribution in [3.05, 3.63) is 0 Å². The van der Waals surface area contributed by atoms with Crippen LogP contribution in [0.3, 0.4) is 0 Å². The van der Waals surface area contributed by atoms with Crippen LogP contribution >= 0.6 is 0 Å². The van der Waals surface area contributed by atoms with Crippen molar-refractivity contribution in [2.75, 3.05) is 39.6 Å². The molecule has 0 aromatic rings. The zero-order valence-electron chi connectivity index (χ0n) is 7.96. The lowest BCUT2D eigenvalue weighted by molar-refractivity contribution is -0.00716. The molecule has 2 saturated heterocycles. The van der Waals surface area contributed by atoms with E-state index in [0.29, 0.717) is 0 Å². The van der Waals surface area contributed by atoms with Crippen LogP contribution in [0.25, 0.3) is 0 Å². The topological polar surface area (TPSA) is 44.7 Å². The lowest BCUT2D eigenvalue weighted by Crippen LogP contribution is -2.50. The molecule has 0 bridgehead atoms. The number of rotatable bonds is 2. The number of hydrogen-bond donors (Lipinski definition) is 2. The van der Waals surface area contributed by atoms with Gasteiger partial charge in [0.05, 0.1) is 6.61 Å². The smallest absolute Gasteiger partial charge is 0.0559 e. The third-order valence-corrected chi connectivity index (χ3v) is 3.22. The highest BCUT2D eigenvalue weighted by molar-refractivity contribution is 4.98. The van der Waals surface area contributed by atoms with Crippen LogP contribution in [0.2, 0.25) is 0 Å². The predicted octanol–water partition coefficient (Wildman–Crippen LogP) is -0.609. The Kier molecular flexibility index (Phi) is 2.83. The number of nitrogens with zero attached hydrogens (tertiary/aromatic N) is 1. The molecule has 0 aromatic heterocycles. The summed E-state index contributed by atoms with van der Waals surface area (Å²) in [7, 11) is 0. The van der Waals surface area contributed by atoms with Crippen molar-refractivity contribution in [3.63, 3.8) is 0 Å². The van der Waals surface area contributed by atoms with Gasteiger partial charge in [-0.2, -0.15) is 0 Å². The Morgan fingerprint density at radius 1 is 1.38 bits per heavy atom. The monoisotopic (exact) mass is 186 g/mol. The summed E-state index contributed by atoms with van der Waals surface area (Å²) < 4.78 is 5.37. The minimum absolute atomic E-state index is 0.254. The molecule has 0 saturated carbocycles. The maximum absolute atomic E-state index is 8.94. The summed E-state index contributed by atoms with van der Waals surface area (Å²) in [5, 5.41) is 12.3. The minimum atomic E-state index is 0.254. The highest BCUT2D eigenvalue weighted by Gasteiger charge is 2.41. The molecule has 0 aliphatic carbocycles. The second-order valence-electron chi connectivity index (χ2n) is 3.91. The molecule has 2 heterocycles. The summed E-state index contributed by atoms with van der Waals surface area (Å²) in [5.74, 6) is 0. The van der Waals surface area contributed by atoms with Gasteiger partial charge in [-0.1, -0.05) is 0 Å². The number of aliphatic hydroxyl groups excluding tert-OH is 1. The van der Waals surface area contributed by atoms with E-state index in [9.17, 15) is 0 Å². The summed E-state index contributed by atoms with van der Waals surface area (Å²) >= 11 is 0. The zero-order valence-corrected chi connectivity index (χ0v) is 7.96. The highest BCUT2D eigenvalue weighted by Crippen LogP contribution is 2.29. The third-order valence-electron chi connectivity index (χ3n) is 3.22. The lowest BCUT2D eigenvalue weighted by Gasteiger charge is -2.40. The summed E-state index contributed by atoms with van der Waals surface area (Å²) in [6.07, 6.45) is 2.19. The molecule has 2 fully saturated rings. The second-order valence-corrected chi connectivity index (χ2v) is 3.91. The molecule has 76 valence electrons. The molecule has 4 heteroatoms. The standard InChI is InChI=1S/C9H18N2O2/c12-4-3-11-8-10-7-9(11)1-5-13-6-2-9/h10,12H,1-8H2. The summed E-state index contributed by atoms with van der Waals surface area (Å²) in [6.45, 7) is 4.74. The third kappa shape index (κ3) is 1.72. The van der Waals surface area contributed by atoms with E-state index in [4.69, 9.17) is 9.84 Å². The van der Waals surface area contributed by atoms with Crippen molar-refractivity contribution >= 4 is 0 Å². The van der Waals surface area contributed by atoms with Crippen molar-refractivity contribution < 1.29 is 9.84 Å². The SMILES string of the molecule is OCCN1CNCC12CCOCC2. The van der Waals surface area contributed by atoms with E-state index in [1.54, 1.807) is 0 Å². The van der Waals surface area contributed by atoms with E-state index in [1.165, 1.54) is 0 Å². The molecule has 13 heavy (non-hydrogen) atoms. The van der Waals surface area contributed by atoms with Gasteiger partial charge in [-0.3, -0.25) is 4.90 Å². The van der Waals surface area contributed by atoms with Crippen LogP contribution in [-0.2, 0) is 4.74 Å². The summed E-state index contributed by atoms with van der Waals surface area (Å²) in [5.41, 5.74) is 0.279. The molecule has 0 unspecified atom stereocenters. The van der Waals surface area contributed by atoms with Gasteiger partial charge in [-0.05, 0) is 12.8 Å². The molecular formula is C9H18N2O2. The molecule has 0 atom stereocenters. The number of nitrogens with one attached hydrogen (secondary N) is 1. The van der Waals surface area contributed by atoms with E-state index < -0.39 is 0 Å². The van der Waals surface area contributed by atoms with Crippen molar-refractivity contribution in [3.8, 4) is 0 Å². The van der Waals surface area contributed by atoms with Gasteiger partial charge >= 0.3 is 0 Å². The molecule has 2 N–H and O–H groups in total. The van der Waals surface area contributed by atoms with Gasteiger partial charge in [-0.15, -0.1) is 0 Å². The van der Waals surface area contributed by atoms with Gasteiger partial charge in [0, 0.05) is 38.5 Å². The average Bonchev–Trinajstić information content (AvgIpc) is 2.52. The molecule has 2 rings (SSSR count). The van der Waals surface area contributed by atoms with E-state index in [-0.39, 0.29) is 12.1 Å². The summed E-state index contributed by atoms with van der Waals surface area (Å²) in [4.78, 5) is 2.36. The van der Waals surface area contributed by atoms with Gasteiger partial charge in [0.2, 0.25) is 0 Å². The Hall–Kier alpha value is -0.160. The van der Waals surface area contributed by atoms with Crippen LogP contribution in [0.4, 0.5) is 0 Å². The first-order chi connectivity index (χ1) is 6.37. The van der Waals surface area contributed by atoms with Crippen molar-refractivity contribution in [2.45, 2.75) is 18.4 Å². The number of ether oxygens (including phenoxy) is 1. The Balaban J connectivity index is 2.00. The Labute approximate surface area is 78.9 Å². The first-order valence-corrected chi connectivity index (χ1v) is 5.02. The Morgan fingerprint density at radius 2 is 2.15 bits per heavy atom. The molecule has 1 spiro atoms. The molecule has 2 aliphatic rings. The van der Waals surface area contributed by atoms with Crippen LogP contribution in [-0.4, -0.2) is 55.1 Å². The van der Waals surface area contributed by atoms with Gasteiger partial charge in [0.25, 0.3) is 0 Å². The number of β-amino-alcohol motifs (C(OH)–C–C–N with tert-alkyl or cyclic N) is 1. The van der Waals surface area contributed by atoms with Crippen molar-refractivity contribution in [2.24, 2.45) is 0 Å². The van der Waals surface area contributed by atoms with Gasteiger partial charge in [-0.25, -0.2) is 0 Å². The molecule has 0 amide bonds. The minimum Gasteiger partial charge on any atom is -0.395 e. The molecule has 0 aromatic carbocycles. The van der Waals surface area contributed by atoms with E-state index in [1.807, 2.05) is 0 Å². The highest BCUT2D eigenvalue weighted by atomic mass is 16.5. The van der Waals surface area contributed by atoms with Crippen molar-refractivity contribution in [1.29, 1.82) is 0 Å². The Morgan fingerprint density at radius 3 is 2.85 bits per heavy atom. The predicted molar refractivity (Wildman–Crippen MR) is 49.4 cm³/mol. The molecule has 2 aliphatic heterocycles. The van der Waals surface area contributed by atoms with Gasteiger partial charge < -0.3 is 15.2 Å². The van der Waals surface area contributed by atoms with Crippen LogP contribution in [0.15, 0.2) is 0 Å². The first kappa shape index (κ1) is 9.40. The fraction of sp³-hybridized carbons (Fsp3) is 1.00. The number of hydrogen-bond acceptors (Lipinski definition) is 4. The van der Waals surface area contributed by atoms with Crippen LogP contribution in [0.5, 0.6) is 0 Å². The first-order valence-electron chi connectivity index (χ1n) is 5.02. The fourth-order valence-electron chi connectivity index (χ4n) is 2.38. The Bertz CT molecular complexity index is 169. The zero-order chi connectivity index (χ0) is 9.15. The van der Waals surface area contributed by atoms with E-state index >= 15 is 0 Å². The van der Waals surface area contributed by atoms with Crippen molar-refractivity contribution in [1.82, 2.24) is 10.2 Å². The quantitative estimate of drug-likeness (QED) is 0.604. The lowest BCUT2D eigenvalue weighted by atomic mass is 9.89. The van der Waals surface area contributed by atoms with Crippen LogP contribution in [0, 0.1) is 0 Å².